The first kappa shape index (κ1) is 15.8. The van der Waals surface area contributed by atoms with Gasteiger partial charge in [0.25, 0.3) is 0 Å². The summed E-state index contributed by atoms with van der Waals surface area (Å²) in [6.07, 6.45) is 7.82. The van der Waals surface area contributed by atoms with Crippen LogP contribution < -0.4 is 0 Å². The topological polar surface area (TPSA) is 47.5 Å². The number of benzene rings is 1. The maximum Gasteiger partial charge on any atom is 0.153 e. The summed E-state index contributed by atoms with van der Waals surface area (Å²) in [6, 6.07) is 16.6. The Balaban J connectivity index is 1.61. The van der Waals surface area contributed by atoms with Crippen LogP contribution in [0.1, 0.15) is 29.7 Å². The third kappa shape index (κ3) is 2.68. The molecule has 0 fully saturated rings. The summed E-state index contributed by atoms with van der Waals surface area (Å²) in [7, 11) is 0. The van der Waals surface area contributed by atoms with E-state index >= 15 is 0 Å². The van der Waals surface area contributed by atoms with Crippen LogP contribution in [0, 0.1) is 6.92 Å². The molecule has 0 N–H and O–H groups in total. The second-order valence-corrected chi connectivity index (χ2v) is 6.92. The summed E-state index contributed by atoms with van der Waals surface area (Å²) >= 11 is 0. The van der Waals surface area contributed by atoms with E-state index in [1.165, 1.54) is 11.1 Å². The lowest BCUT2D eigenvalue weighted by Gasteiger charge is -2.12. The molecule has 0 aliphatic heterocycles. The number of fused-ring (bicyclic) bond motifs is 2. The number of hydrogen-bond acceptors (Lipinski definition) is 3. The molecule has 0 radical (unpaired) electrons. The van der Waals surface area contributed by atoms with Crippen LogP contribution in [0.15, 0.2) is 73.3 Å². The molecule has 5 nitrogen and oxygen atoms in total. The lowest BCUT2D eigenvalue weighted by Crippen LogP contribution is -2.05. The minimum absolute atomic E-state index is 0.159. The van der Waals surface area contributed by atoms with Crippen LogP contribution in [-0.4, -0.2) is 24.0 Å². The van der Waals surface area contributed by atoms with Crippen molar-refractivity contribution in [3.8, 4) is 11.3 Å². The number of hydrogen-bond donors (Lipinski definition) is 0. The van der Waals surface area contributed by atoms with Crippen LogP contribution in [0.3, 0.4) is 0 Å². The van der Waals surface area contributed by atoms with Gasteiger partial charge in [0.15, 0.2) is 5.65 Å². The molecule has 0 saturated carbocycles. The lowest BCUT2D eigenvalue weighted by atomic mass is 10.0. The molecule has 5 heteroatoms. The van der Waals surface area contributed by atoms with Gasteiger partial charge in [-0.3, -0.25) is 0 Å². The molecular formula is C22H19N5. The Labute approximate surface area is 157 Å². The molecule has 1 unspecified atom stereocenters. The van der Waals surface area contributed by atoms with E-state index < -0.39 is 0 Å². The molecule has 132 valence electrons. The normalized spacial score (nSPS) is 12.7. The summed E-state index contributed by atoms with van der Waals surface area (Å²) in [5, 5.41) is 4.88. The number of pyridine rings is 1. The molecule has 0 aliphatic rings. The van der Waals surface area contributed by atoms with Gasteiger partial charge in [-0.2, -0.15) is 5.10 Å². The first-order valence-corrected chi connectivity index (χ1v) is 9.03. The third-order valence-electron chi connectivity index (χ3n) is 5.06. The summed E-state index contributed by atoms with van der Waals surface area (Å²) in [5.74, 6) is 0.159. The van der Waals surface area contributed by atoms with Gasteiger partial charge in [-0.25, -0.2) is 14.5 Å². The summed E-state index contributed by atoms with van der Waals surface area (Å²) in [4.78, 5) is 8.87. The van der Waals surface area contributed by atoms with Gasteiger partial charge in [0.05, 0.1) is 17.6 Å². The van der Waals surface area contributed by atoms with Crippen LogP contribution in [0.5, 0.6) is 0 Å². The fraction of sp³-hybridized carbons (Fsp3) is 0.136. The van der Waals surface area contributed by atoms with Gasteiger partial charge >= 0.3 is 0 Å². The van der Waals surface area contributed by atoms with Crippen LogP contribution in [0.4, 0.5) is 0 Å². The minimum atomic E-state index is 0.159. The molecule has 0 bridgehead atoms. The van der Waals surface area contributed by atoms with Gasteiger partial charge in [-0.1, -0.05) is 36.8 Å². The summed E-state index contributed by atoms with van der Waals surface area (Å²) < 4.78 is 4.00. The number of nitrogens with zero attached hydrogens (tertiary/aromatic N) is 5. The zero-order chi connectivity index (χ0) is 18.4. The van der Waals surface area contributed by atoms with Crippen molar-refractivity contribution in [3.05, 3.63) is 90.1 Å². The summed E-state index contributed by atoms with van der Waals surface area (Å²) in [5.41, 5.74) is 7.36. The Morgan fingerprint density at radius 1 is 0.963 bits per heavy atom. The zero-order valence-electron chi connectivity index (χ0n) is 15.2. The predicted molar refractivity (Wildman–Crippen MR) is 106 cm³/mol. The number of aromatic nitrogens is 5. The highest BCUT2D eigenvalue weighted by atomic mass is 15.3. The van der Waals surface area contributed by atoms with Crippen molar-refractivity contribution in [1.82, 2.24) is 24.0 Å². The lowest BCUT2D eigenvalue weighted by molar-refractivity contribution is 0.787. The van der Waals surface area contributed by atoms with Crippen molar-refractivity contribution in [2.75, 3.05) is 0 Å². The Morgan fingerprint density at radius 2 is 1.85 bits per heavy atom. The van der Waals surface area contributed by atoms with E-state index in [1.54, 1.807) is 0 Å². The van der Waals surface area contributed by atoms with Crippen molar-refractivity contribution in [2.24, 2.45) is 0 Å². The second-order valence-electron chi connectivity index (χ2n) is 6.92. The standard InChI is InChI=1S/C22H19N5/c1-15-4-3-5-17(12-15)19-7-9-22-24-13-20(27(22)25-19)16(2)18-6-8-21-23-10-11-26(21)14-18/h3-14,16H,1-2H3. The van der Waals surface area contributed by atoms with Crippen molar-refractivity contribution >= 4 is 11.3 Å². The van der Waals surface area contributed by atoms with E-state index in [1.807, 2.05) is 45.7 Å². The van der Waals surface area contributed by atoms with Crippen LogP contribution >= 0.6 is 0 Å². The molecule has 0 saturated heterocycles. The van der Waals surface area contributed by atoms with Crippen LogP contribution in [0.2, 0.25) is 0 Å². The molecular weight excluding hydrogens is 334 g/mol. The monoisotopic (exact) mass is 353 g/mol. The third-order valence-corrected chi connectivity index (χ3v) is 5.06. The van der Waals surface area contributed by atoms with Crippen molar-refractivity contribution in [2.45, 2.75) is 19.8 Å². The van der Waals surface area contributed by atoms with E-state index in [9.17, 15) is 0 Å². The zero-order valence-corrected chi connectivity index (χ0v) is 15.2. The summed E-state index contributed by atoms with van der Waals surface area (Å²) in [6.45, 7) is 4.28. The largest absolute Gasteiger partial charge is 0.307 e. The average Bonchev–Trinajstić information content (AvgIpc) is 3.33. The minimum Gasteiger partial charge on any atom is -0.307 e. The maximum absolute atomic E-state index is 4.88. The molecule has 5 aromatic rings. The Morgan fingerprint density at radius 3 is 2.74 bits per heavy atom. The van der Waals surface area contributed by atoms with E-state index in [0.29, 0.717) is 0 Å². The van der Waals surface area contributed by atoms with Gasteiger partial charge in [0, 0.05) is 30.1 Å². The Kier molecular flexibility index (Phi) is 3.53. The molecule has 1 aromatic carbocycles. The van der Waals surface area contributed by atoms with Crippen LogP contribution in [-0.2, 0) is 0 Å². The average molecular weight is 353 g/mol. The smallest absolute Gasteiger partial charge is 0.153 e. The van der Waals surface area contributed by atoms with E-state index in [0.717, 1.165) is 28.2 Å². The first-order valence-electron chi connectivity index (χ1n) is 9.03. The Hall–Kier alpha value is -3.47. The SMILES string of the molecule is Cc1cccc(-c2ccc3ncc(C(C)c4ccc5nccn5c4)n3n2)c1. The van der Waals surface area contributed by atoms with Crippen molar-refractivity contribution in [1.29, 1.82) is 0 Å². The fourth-order valence-electron chi connectivity index (χ4n) is 3.51. The highest BCUT2D eigenvalue weighted by Crippen LogP contribution is 2.26. The first-order chi connectivity index (χ1) is 13.2. The van der Waals surface area contributed by atoms with Crippen molar-refractivity contribution in [3.63, 3.8) is 0 Å². The molecule has 4 aromatic heterocycles. The molecule has 1 atom stereocenters. The van der Waals surface area contributed by atoms with E-state index in [4.69, 9.17) is 5.10 Å². The predicted octanol–water partition coefficient (Wildman–Crippen LogP) is 4.50. The molecule has 27 heavy (non-hydrogen) atoms. The van der Waals surface area contributed by atoms with E-state index in [-0.39, 0.29) is 5.92 Å². The number of rotatable bonds is 3. The maximum atomic E-state index is 4.88. The molecule has 4 heterocycles. The number of imidazole rings is 2. The molecule has 5 rings (SSSR count). The van der Waals surface area contributed by atoms with Gasteiger partial charge < -0.3 is 4.40 Å². The Bertz CT molecular complexity index is 1260. The van der Waals surface area contributed by atoms with Crippen LogP contribution in [0.25, 0.3) is 22.6 Å². The molecule has 0 amide bonds. The highest BCUT2D eigenvalue weighted by Gasteiger charge is 2.16. The second kappa shape index (κ2) is 6.06. The molecule has 0 spiro atoms. The van der Waals surface area contributed by atoms with Gasteiger partial charge in [0.2, 0.25) is 0 Å². The van der Waals surface area contributed by atoms with Gasteiger partial charge in [-0.15, -0.1) is 0 Å². The fourth-order valence-corrected chi connectivity index (χ4v) is 3.51. The number of aryl methyl sites for hydroxylation is 1. The molecule has 0 aliphatic carbocycles. The van der Waals surface area contributed by atoms with Gasteiger partial charge in [0.1, 0.15) is 5.65 Å². The van der Waals surface area contributed by atoms with E-state index in [2.05, 4.69) is 60.3 Å². The van der Waals surface area contributed by atoms with Gasteiger partial charge in [-0.05, 0) is 36.8 Å². The quantitative estimate of drug-likeness (QED) is 0.480. The van der Waals surface area contributed by atoms with Crippen molar-refractivity contribution < 1.29 is 0 Å². The highest BCUT2D eigenvalue weighted by molar-refractivity contribution is 5.61.